The number of sulfonamides is 2. The number of carboxylic acid groups (broad SMARTS) is 1. The first kappa shape index (κ1) is 32.5. The minimum Gasteiger partial charge on any atom is -0.478 e. The smallest absolute Gasteiger partial charge is 0.417 e. The molecule has 0 aromatic heterocycles. The summed E-state index contributed by atoms with van der Waals surface area (Å²) in [7, 11) is -8.97. The van der Waals surface area contributed by atoms with E-state index in [1.165, 1.54) is 60.7 Å². The van der Waals surface area contributed by atoms with Crippen LogP contribution in [0, 0.1) is 0 Å². The number of aromatic carboxylic acids is 1. The molecule has 0 unspecified atom stereocenters. The molecule has 0 saturated carbocycles. The Kier molecular flexibility index (Phi) is 9.00. The molecule has 0 atom stereocenters. The quantitative estimate of drug-likeness (QED) is 0.220. The van der Waals surface area contributed by atoms with Gasteiger partial charge in [-0.15, -0.1) is 0 Å². The van der Waals surface area contributed by atoms with Gasteiger partial charge in [-0.05, 0) is 78.6 Å². The number of anilines is 1. The van der Waals surface area contributed by atoms with Gasteiger partial charge in [-0.3, -0.25) is 4.31 Å². The number of benzene rings is 4. The SMILES string of the molecule is O=C(O)c1cccc(S(=O)(=O)N2CCC(N(c3ccccc3)S(=O)(=O)c3ccc(-c4ccc(Cl)cc4)cc3C(F)(F)F)CC2)c1. The van der Waals surface area contributed by atoms with Crippen LogP contribution < -0.4 is 4.31 Å². The van der Waals surface area contributed by atoms with Crippen LogP contribution in [0.5, 0.6) is 0 Å². The van der Waals surface area contributed by atoms with Crippen LogP contribution in [0.3, 0.4) is 0 Å². The fourth-order valence-corrected chi connectivity index (χ4v) is 8.83. The van der Waals surface area contributed by atoms with Crippen molar-refractivity contribution in [2.45, 2.75) is 34.9 Å². The largest absolute Gasteiger partial charge is 0.478 e. The van der Waals surface area contributed by atoms with Gasteiger partial charge in [0.15, 0.2) is 0 Å². The summed E-state index contributed by atoms with van der Waals surface area (Å²) in [4.78, 5) is 10.2. The third-order valence-corrected chi connectivity index (χ3v) is 11.6. The molecule has 14 heteroatoms. The second-order valence-electron chi connectivity index (χ2n) is 10.3. The summed E-state index contributed by atoms with van der Waals surface area (Å²) < 4.78 is 100. The van der Waals surface area contributed by atoms with Crippen molar-refractivity contribution in [1.29, 1.82) is 0 Å². The maximum Gasteiger partial charge on any atom is 0.417 e. The van der Waals surface area contributed by atoms with E-state index in [0.717, 1.165) is 26.8 Å². The maximum absolute atomic E-state index is 14.5. The van der Waals surface area contributed by atoms with Crippen molar-refractivity contribution in [3.8, 4) is 11.1 Å². The normalized spacial score (nSPS) is 15.1. The predicted molar refractivity (Wildman–Crippen MR) is 163 cm³/mol. The van der Waals surface area contributed by atoms with Gasteiger partial charge in [-0.1, -0.05) is 54.1 Å². The Labute approximate surface area is 263 Å². The van der Waals surface area contributed by atoms with E-state index in [1.807, 2.05) is 0 Å². The lowest BCUT2D eigenvalue weighted by molar-refractivity contribution is -0.139. The molecule has 45 heavy (non-hydrogen) atoms. The maximum atomic E-state index is 14.5. The van der Waals surface area contributed by atoms with Crippen LogP contribution in [0.4, 0.5) is 18.9 Å². The van der Waals surface area contributed by atoms with Crippen LogP contribution in [-0.2, 0) is 26.2 Å². The number of nitrogens with zero attached hydrogens (tertiary/aromatic N) is 2. The standard InChI is InChI=1S/C31H26ClF3N2O6S2/c32-24-12-9-21(10-13-24)22-11-14-29(28(20-22)31(33,34)35)45(42,43)37(25-6-2-1-3-7-25)26-15-17-36(18-16-26)44(40,41)27-8-4-5-23(19-27)30(38)39/h1-14,19-20,26H,15-18H2,(H,38,39). The molecule has 4 aromatic rings. The fraction of sp³-hybridized carbons (Fsp3) is 0.194. The van der Waals surface area contributed by atoms with Crippen LogP contribution in [0.1, 0.15) is 28.8 Å². The molecule has 1 N–H and O–H groups in total. The fourth-order valence-electron chi connectivity index (χ4n) is 5.28. The number of hydrogen-bond donors (Lipinski definition) is 1. The van der Waals surface area contributed by atoms with E-state index in [0.29, 0.717) is 10.6 Å². The number of para-hydroxylation sites is 1. The third kappa shape index (κ3) is 6.71. The Morgan fingerprint density at radius 1 is 0.822 bits per heavy atom. The zero-order valence-electron chi connectivity index (χ0n) is 23.4. The third-order valence-electron chi connectivity index (χ3n) is 7.48. The highest BCUT2D eigenvalue weighted by Crippen LogP contribution is 2.40. The van der Waals surface area contributed by atoms with Crippen molar-refractivity contribution in [3.63, 3.8) is 0 Å². The minimum atomic E-state index is -5.02. The molecule has 8 nitrogen and oxygen atoms in total. The summed E-state index contributed by atoms with van der Waals surface area (Å²) in [6.45, 7) is -0.296. The van der Waals surface area contributed by atoms with Crippen molar-refractivity contribution in [3.05, 3.63) is 113 Å². The summed E-state index contributed by atoms with van der Waals surface area (Å²) in [5.74, 6) is -1.30. The van der Waals surface area contributed by atoms with Gasteiger partial charge >= 0.3 is 12.1 Å². The molecule has 236 valence electrons. The number of carbonyl (C=O) groups is 1. The highest BCUT2D eigenvalue weighted by atomic mass is 35.5. The first-order valence-electron chi connectivity index (χ1n) is 13.6. The van der Waals surface area contributed by atoms with Crippen LogP contribution >= 0.6 is 11.6 Å². The average Bonchev–Trinajstić information content (AvgIpc) is 3.01. The Balaban J connectivity index is 1.51. The van der Waals surface area contributed by atoms with E-state index in [2.05, 4.69) is 0 Å². The lowest BCUT2D eigenvalue weighted by Gasteiger charge is -2.38. The molecular formula is C31H26ClF3N2O6S2. The summed E-state index contributed by atoms with van der Waals surface area (Å²) in [6, 6.07) is 20.8. The summed E-state index contributed by atoms with van der Waals surface area (Å²) in [5.41, 5.74) is -0.863. The van der Waals surface area contributed by atoms with Gasteiger partial charge in [-0.25, -0.2) is 21.6 Å². The molecule has 1 aliphatic rings. The van der Waals surface area contributed by atoms with Crippen molar-refractivity contribution in [2.75, 3.05) is 17.4 Å². The Bertz CT molecular complexity index is 1930. The lowest BCUT2D eigenvalue weighted by atomic mass is 10.0. The van der Waals surface area contributed by atoms with E-state index >= 15 is 0 Å². The van der Waals surface area contributed by atoms with Gasteiger partial charge < -0.3 is 5.11 Å². The van der Waals surface area contributed by atoms with Gasteiger partial charge in [-0.2, -0.15) is 17.5 Å². The zero-order valence-corrected chi connectivity index (χ0v) is 25.7. The van der Waals surface area contributed by atoms with Crippen LogP contribution in [0.15, 0.2) is 107 Å². The Morgan fingerprint density at radius 3 is 2.04 bits per heavy atom. The molecular weight excluding hydrogens is 653 g/mol. The first-order chi connectivity index (χ1) is 21.2. The topological polar surface area (TPSA) is 112 Å². The molecule has 5 rings (SSSR count). The van der Waals surface area contributed by atoms with Gasteiger partial charge in [0.2, 0.25) is 10.0 Å². The number of rotatable bonds is 8. The minimum absolute atomic E-state index is 0.0316. The van der Waals surface area contributed by atoms with Crippen LogP contribution in [0.25, 0.3) is 11.1 Å². The second kappa shape index (κ2) is 12.5. The van der Waals surface area contributed by atoms with E-state index < -0.39 is 48.7 Å². The summed E-state index contributed by atoms with van der Waals surface area (Å²) in [6.07, 6.45) is -5.08. The molecule has 0 amide bonds. The van der Waals surface area contributed by atoms with Gasteiger partial charge in [0.25, 0.3) is 10.0 Å². The van der Waals surface area contributed by atoms with Crippen LogP contribution in [0.2, 0.25) is 5.02 Å². The monoisotopic (exact) mass is 678 g/mol. The molecule has 1 heterocycles. The van der Waals surface area contributed by atoms with E-state index in [9.17, 15) is 39.9 Å². The highest BCUT2D eigenvalue weighted by molar-refractivity contribution is 7.93. The molecule has 0 aliphatic carbocycles. The number of carboxylic acids is 1. The van der Waals surface area contributed by atoms with E-state index in [4.69, 9.17) is 11.6 Å². The van der Waals surface area contributed by atoms with Gasteiger partial charge in [0.1, 0.15) is 0 Å². The molecule has 1 saturated heterocycles. The van der Waals surface area contributed by atoms with E-state index in [1.54, 1.807) is 18.2 Å². The summed E-state index contributed by atoms with van der Waals surface area (Å²) in [5, 5.41) is 9.66. The molecule has 1 aliphatic heterocycles. The predicted octanol–water partition coefficient (Wildman–Crippen LogP) is 6.77. The zero-order chi connectivity index (χ0) is 32.6. The van der Waals surface area contributed by atoms with Crippen molar-refractivity contribution in [2.24, 2.45) is 0 Å². The van der Waals surface area contributed by atoms with E-state index in [-0.39, 0.29) is 47.6 Å². The molecule has 0 radical (unpaired) electrons. The Morgan fingerprint density at radius 2 is 1.44 bits per heavy atom. The highest BCUT2D eigenvalue weighted by Gasteiger charge is 2.43. The number of piperidine rings is 1. The molecule has 4 aromatic carbocycles. The Hall–Kier alpha value is -3.91. The number of halogens is 4. The lowest BCUT2D eigenvalue weighted by Crippen LogP contribution is -2.49. The molecule has 0 spiro atoms. The van der Waals surface area contributed by atoms with Crippen molar-refractivity contribution < 1.29 is 39.9 Å². The van der Waals surface area contributed by atoms with Crippen LogP contribution in [-0.4, -0.2) is 51.3 Å². The number of alkyl halides is 3. The van der Waals surface area contributed by atoms with Gasteiger partial charge in [0, 0.05) is 24.2 Å². The second-order valence-corrected chi connectivity index (χ2v) is 14.5. The first-order valence-corrected chi connectivity index (χ1v) is 16.9. The van der Waals surface area contributed by atoms with Crippen molar-refractivity contribution in [1.82, 2.24) is 4.31 Å². The summed E-state index contributed by atoms with van der Waals surface area (Å²) >= 11 is 5.92. The van der Waals surface area contributed by atoms with Crippen molar-refractivity contribution >= 4 is 43.3 Å². The van der Waals surface area contributed by atoms with Gasteiger partial charge in [0.05, 0.1) is 26.6 Å². The molecule has 1 fully saturated rings. The molecule has 0 bridgehead atoms. The number of hydrogen-bond acceptors (Lipinski definition) is 5. The average molecular weight is 679 g/mol.